The van der Waals surface area contributed by atoms with Crippen LogP contribution in [0, 0.1) is 0 Å². The molecule has 25 heavy (non-hydrogen) atoms. The molecule has 1 aliphatic heterocycles. The fourth-order valence-corrected chi connectivity index (χ4v) is 3.43. The quantitative estimate of drug-likeness (QED) is 0.763. The van der Waals surface area contributed by atoms with E-state index in [9.17, 15) is 9.59 Å². The second-order valence-corrected chi connectivity index (χ2v) is 6.58. The van der Waals surface area contributed by atoms with Gasteiger partial charge in [-0.25, -0.2) is 9.97 Å². The number of thiazole rings is 1. The highest BCUT2D eigenvalue weighted by Gasteiger charge is 2.19. The summed E-state index contributed by atoms with van der Waals surface area (Å²) in [5.74, 6) is 0.551. The molecule has 0 atom stereocenters. The molecule has 0 aromatic carbocycles. The van der Waals surface area contributed by atoms with Crippen LogP contribution < -0.4 is 10.1 Å². The van der Waals surface area contributed by atoms with E-state index in [4.69, 9.17) is 4.74 Å². The lowest BCUT2D eigenvalue weighted by molar-refractivity contribution is -0.127. The van der Waals surface area contributed by atoms with Crippen molar-refractivity contribution in [1.82, 2.24) is 20.2 Å². The number of carbonyl (C=O) groups excluding carboxylic acids is 2. The largest absolute Gasteiger partial charge is 0.481 e. The number of likely N-dealkylation sites (tertiary alicyclic amines) is 1. The summed E-state index contributed by atoms with van der Waals surface area (Å²) in [4.78, 5) is 34.0. The minimum atomic E-state index is -0.197. The van der Waals surface area contributed by atoms with E-state index in [1.54, 1.807) is 24.8 Å². The average Bonchev–Trinajstić information content (AvgIpc) is 3.28. The Labute approximate surface area is 150 Å². The summed E-state index contributed by atoms with van der Waals surface area (Å²) in [5.41, 5.74) is 1.24. The number of pyridine rings is 1. The van der Waals surface area contributed by atoms with Crippen LogP contribution in [0.25, 0.3) is 10.6 Å². The second-order valence-electron chi connectivity index (χ2n) is 5.72. The van der Waals surface area contributed by atoms with Gasteiger partial charge in [-0.05, 0) is 18.9 Å². The number of nitrogens with zero attached hydrogens (tertiary/aromatic N) is 3. The van der Waals surface area contributed by atoms with E-state index in [2.05, 4.69) is 15.3 Å². The first-order valence-corrected chi connectivity index (χ1v) is 9.07. The fourth-order valence-electron chi connectivity index (χ4n) is 2.64. The van der Waals surface area contributed by atoms with E-state index >= 15 is 0 Å². The van der Waals surface area contributed by atoms with Crippen LogP contribution in [-0.4, -0.2) is 53.4 Å². The lowest BCUT2D eigenvalue weighted by Gasteiger charge is -2.14. The predicted octanol–water partition coefficient (Wildman–Crippen LogP) is 1.96. The zero-order valence-electron chi connectivity index (χ0n) is 14.0. The monoisotopic (exact) mass is 360 g/mol. The Bertz CT molecular complexity index is 745. The second kappa shape index (κ2) is 8.06. The van der Waals surface area contributed by atoms with Crippen LogP contribution in [0.3, 0.4) is 0 Å². The summed E-state index contributed by atoms with van der Waals surface area (Å²) < 4.78 is 5.03. The van der Waals surface area contributed by atoms with Gasteiger partial charge in [0.1, 0.15) is 10.7 Å². The number of nitrogens with one attached hydrogen (secondary N) is 1. The molecule has 132 valence electrons. The van der Waals surface area contributed by atoms with Gasteiger partial charge in [0, 0.05) is 49.3 Å². The van der Waals surface area contributed by atoms with E-state index in [0.717, 1.165) is 30.0 Å². The number of methoxy groups -OCH3 is 1. The Morgan fingerprint density at radius 3 is 3.00 bits per heavy atom. The Hall–Kier alpha value is -2.48. The third-order valence-electron chi connectivity index (χ3n) is 3.99. The lowest BCUT2D eigenvalue weighted by atomic mass is 10.3. The fraction of sp³-hybridized carbons (Fsp3) is 0.412. The standard InChI is InChI=1S/C17H20N4O3S/c1-24-14-6-5-12(10-19-14)17-20-13(11-25-17)16(23)18-7-3-9-21-8-2-4-15(21)22/h5-6,10-11H,2-4,7-9H2,1H3,(H,18,23). The normalized spacial score (nSPS) is 14.0. The molecule has 1 aliphatic rings. The molecule has 0 radical (unpaired) electrons. The summed E-state index contributed by atoms with van der Waals surface area (Å²) in [5, 5.41) is 5.33. The molecule has 8 heteroatoms. The van der Waals surface area contributed by atoms with E-state index in [-0.39, 0.29) is 11.8 Å². The maximum atomic E-state index is 12.2. The Kier molecular flexibility index (Phi) is 5.60. The van der Waals surface area contributed by atoms with Crippen molar-refractivity contribution >= 4 is 23.2 Å². The summed E-state index contributed by atoms with van der Waals surface area (Å²) >= 11 is 1.40. The molecule has 0 saturated carbocycles. The molecule has 3 rings (SSSR count). The molecule has 2 aromatic heterocycles. The van der Waals surface area contributed by atoms with Gasteiger partial charge in [0.25, 0.3) is 5.91 Å². The highest BCUT2D eigenvalue weighted by molar-refractivity contribution is 7.13. The minimum absolute atomic E-state index is 0.197. The summed E-state index contributed by atoms with van der Waals surface area (Å²) in [7, 11) is 1.56. The number of ether oxygens (including phenoxy) is 1. The SMILES string of the molecule is COc1ccc(-c2nc(C(=O)NCCCN3CCCC3=O)cs2)cn1. The highest BCUT2D eigenvalue weighted by atomic mass is 32.1. The molecule has 7 nitrogen and oxygen atoms in total. The van der Waals surface area contributed by atoms with Gasteiger partial charge in [0.2, 0.25) is 11.8 Å². The van der Waals surface area contributed by atoms with Crippen LogP contribution >= 0.6 is 11.3 Å². The van der Waals surface area contributed by atoms with Gasteiger partial charge < -0.3 is 15.0 Å². The number of aromatic nitrogens is 2. The number of carbonyl (C=O) groups is 2. The zero-order chi connectivity index (χ0) is 17.6. The highest BCUT2D eigenvalue weighted by Crippen LogP contribution is 2.24. The summed E-state index contributed by atoms with van der Waals surface area (Å²) in [6.45, 7) is 2.05. The molecule has 0 unspecified atom stereocenters. The molecule has 0 aliphatic carbocycles. The van der Waals surface area contributed by atoms with Crippen LogP contribution in [0.15, 0.2) is 23.7 Å². The third kappa shape index (κ3) is 4.33. The maximum absolute atomic E-state index is 12.2. The summed E-state index contributed by atoms with van der Waals surface area (Å²) in [6, 6.07) is 3.62. The van der Waals surface area contributed by atoms with Crippen molar-refractivity contribution in [2.24, 2.45) is 0 Å². The van der Waals surface area contributed by atoms with Gasteiger partial charge in [-0.3, -0.25) is 9.59 Å². The molecule has 2 amide bonds. The van der Waals surface area contributed by atoms with Crippen molar-refractivity contribution in [3.63, 3.8) is 0 Å². The minimum Gasteiger partial charge on any atom is -0.481 e. The van der Waals surface area contributed by atoms with Crippen molar-refractivity contribution < 1.29 is 14.3 Å². The van der Waals surface area contributed by atoms with Crippen LogP contribution in [0.2, 0.25) is 0 Å². The molecule has 3 heterocycles. The van der Waals surface area contributed by atoms with Crippen molar-refractivity contribution in [1.29, 1.82) is 0 Å². The first kappa shape index (κ1) is 17.3. The van der Waals surface area contributed by atoms with Gasteiger partial charge in [0.15, 0.2) is 0 Å². The topological polar surface area (TPSA) is 84.4 Å². The molecular formula is C17H20N4O3S. The molecule has 0 bridgehead atoms. The van der Waals surface area contributed by atoms with Gasteiger partial charge in [-0.2, -0.15) is 0 Å². The Morgan fingerprint density at radius 1 is 1.44 bits per heavy atom. The predicted molar refractivity (Wildman–Crippen MR) is 94.7 cm³/mol. The van der Waals surface area contributed by atoms with E-state index in [1.807, 2.05) is 11.0 Å². The van der Waals surface area contributed by atoms with E-state index < -0.39 is 0 Å². The first-order valence-electron chi connectivity index (χ1n) is 8.19. The third-order valence-corrected chi connectivity index (χ3v) is 4.88. The van der Waals surface area contributed by atoms with Gasteiger partial charge >= 0.3 is 0 Å². The smallest absolute Gasteiger partial charge is 0.270 e. The molecule has 1 saturated heterocycles. The summed E-state index contributed by atoms with van der Waals surface area (Å²) in [6.07, 6.45) is 4.00. The lowest BCUT2D eigenvalue weighted by Crippen LogP contribution is -2.30. The molecule has 1 fully saturated rings. The van der Waals surface area contributed by atoms with Crippen molar-refractivity contribution in [2.75, 3.05) is 26.7 Å². The van der Waals surface area contributed by atoms with Gasteiger partial charge in [-0.1, -0.05) is 0 Å². The van der Waals surface area contributed by atoms with Crippen LogP contribution in [0.4, 0.5) is 0 Å². The molecule has 0 spiro atoms. The van der Waals surface area contributed by atoms with Crippen molar-refractivity contribution in [3.8, 4) is 16.5 Å². The number of amides is 2. The first-order chi connectivity index (χ1) is 12.2. The van der Waals surface area contributed by atoms with Crippen molar-refractivity contribution in [2.45, 2.75) is 19.3 Å². The van der Waals surface area contributed by atoms with Crippen molar-refractivity contribution in [3.05, 3.63) is 29.4 Å². The molecule has 1 N–H and O–H groups in total. The number of hydrogen-bond acceptors (Lipinski definition) is 6. The average molecular weight is 360 g/mol. The van der Waals surface area contributed by atoms with Gasteiger partial charge in [0.05, 0.1) is 7.11 Å². The molecular weight excluding hydrogens is 340 g/mol. The van der Waals surface area contributed by atoms with Crippen LogP contribution in [0.1, 0.15) is 29.8 Å². The van der Waals surface area contributed by atoms with Crippen LogP contribution in [0.5, 0.6) is 5.88 Å². The zero-order valence-corrected chi connectivity index (χ0v) is 14.8. The van der Waals surface area contributed by atoms with Crippen LogP contribution in [-0.2, 0) is 4.79 Å². The molecule has 2 aromatic rings. The van der Waals surface area contributed by atoms with E-state index in [1.165, 1.54) is 11.3 Å². The number of rotatable bonds is 7. The van der Waals surface area contributed by atoms with E-state index in [0.29, 0.717) is 31.1 Å². The number of hydrogen-bond donors (Lipinski definition) is 1. The Morgan fingerprint density at radius 2 is 2.32 bits per heavy atom. The maximum Gasteiger partial charge on any atom is 0.270 e. The van der Waals surface area contributed by atoms with Gasteiger partial charge in [-0.15, -0.1) is 11.3 Å². The Balaban J connectivity index is 1.49.